The minimum atomic E-state index is 0.803. The van der Waals surface area contributed by atoms with Gasteiger partial charge in [0, 0.05) is 17.5 Å². The summed E-state index contributed by atoms with van der Waals surface area (Å²) in [6.07, 6.45) is 15.9. The summed E-state index contributed by atoms with van der Waals surface area (Å²) in [6.45, 7) is 5.32. The number of hydrogen-bond donors (Lipinski definition) is 0. The average molecular weight is 381 g/mol. The highest BCUT2D eigenvalue weighted by Crippen LogP contribution is 2.29. The first kappa shape index (κ1) is 20.8. The van der Waals surface area contributed by atoms with Crippen molar-refractivity contribution in [2.24, 2.45) is 5.92 Å². The molecule has 1 aromatic carbocycles. The molecule has 1 unspecified atom stereocenters. The number of ether oxygens (including phenoxy) is 1. The standard InChI is InChI=1S/C25H36N2O/c1-3-5-7-8-9-17-28-23-14-12-21(13-15-23)25-26-19-22-18-20(10-6-4-2)11-16-24(22)27-25/h12-15,19-20H,3-11,16-18H2,1-2H3. The Bertz CT molecular complexity index is 711. The van der Waals surface area contributed by atoms with Crippen molar-refractivity contribution < 1.29 is 4.74 Å². The van der Waals surface area contributed by atoms with E-state index >= 15 is 0 Å². The number of benzene rings is 1. The predicted octanol–water partition coefficient (Wildman–Crippen LogP) is 6.79. The van der Waals surface area contributed by atoms with E-state index in [2.05, 4.69) is 37.2 Å². The summed E-state index contributed by atoms with van der Waals surface area (Å²) >= 11 is 0. The molecule has 152 valence electrons. The Hall–Kier alpha value is -1.90. The second-order valence-electron chi connectivity index (χ2n) is 8.20. The van der Waals surface area contributed by atoms with Crippen molar-refractivity contribution in [2.75, 3.05) is 6.61 Å². The molecule has 0 spiro atoms. The number of unbranched alkanes of at least 4 members (excludes halogenated alkanes) is 5. The van der Waals surface area contributed by atoms with Gasteiger partial charge in [-0.15, -0.1) is 0 Å². The number of nitrogens with zero attached hydrogens (tertiary/aromatic N) is 2. The predicted molar refractivity (Wildman–Crippen MR) is 117 cm³/mol. The zero-order valence-corrected chi connectivity index (χ0v) is 17.8. The van der Waals surface area contributed by atoms with Crippen molar-refractivity contribution in [1.82, 2.24) is 9.97 Å². The zero-order chi connectivity index (χ0) is 19.6. The maximum Gasteiger partial charge on any atom is 0.159 e. The minimum Gasteiger partial charge on any atom is -0.494 e. The van der Waals surface area contributed by atoms with Gasteiger partial charge in [0.25, 0.3) is 0 Å². The first-order valence-corrected chi connectivity index (χ1v) is 11.4. The van der Waals surface area contributed by atoms with Gasteiger partial charge in [0.15, 0.2) is 5.82 Å². The Morgan fingerprint density at radius 3 is 2.54 bits per heavy atom. The Labute approximate surface area is 171 Å². The van der Waals surface area contributed by atoms with Crippen LogP contribution in [0.1, 0.15) is 82.9 Å². The minimum absolute atomic E-state index is 0.803. The number of rotatable bonds is 11. The van der Waals surface area contributed by atoms with E-state index in [9.17, 15) is 0 Å². The van der Waals surface area contributed by atoms with Crippen LogP contribution in [-0.4, -0.2) is 16.6 Å². The molecule has 0 fully saturated rings. The van der Waals surface area contributed by atoms with E-state index in [-0.39, 0.29) is 0 Å². The summed E-state index contributed by atoms with van der Waals surface area (Å²) < 4.78 is 5.87. The summed E-state index contributed by atoms with van der Waals surface area (Å²) in [6, 6.07) is 8.26. The van der Waals surface area contributed by atoms with Crippen molar-refractivity contribution in [3.05, 3.63) is 41.7 Å². The molecule has 0 aliphatic heterocycles. The van der Waals surface area contributed by atoms with Crippen molar-refractivity contribution in [3.63, 3.8) is 0 Å². The second kappa shape index (κ2) is 11.2. The maximum absolute atomic E-state index is 5.87. The van der Waals surface area contributed by atoms with E-state index < -0.39 is 0 Å². The average Bonchev–Trinajstić information content (AvgIpc) is 2.74. The normalized spacial score (nSPS) is 16.0. The van der Waals surface area contributed by atoms with E-state index in [0.29, 0.717) is 0 Å². The highest BCUT2D eigenvalue weighted by atomic mass is 16.5. The zero-order valence-electron chi connectivity index (χ0n) is 17.8. The maximum atomic E-state index is 5.87. The summed E-state index contributed by atoms with van der Waals surface area (Å²) in [7, 11) is 0. The van der Waals surface area contributed by atoms with Gasteiger partial charge >= 0.3 is 0 Å². The van der Waals surface area contributed by atoms with E-state index in [1.165, 1.54) is 62.6 Å². The van der Waals surface area contributed by atoms with Crippen LogP contribution in [0.3, 0.4) is 0 Å². The van der Waals surface area contributed by atoms with Crippen LogP contribution >= 0.6 is 0 Å². The van der Waals surface area contributed by atoms with Gasteiger partial charge in [-0.3, -0.25) is 0 Å². The third kappa shape index (κ3) is 6.05. The molecular weight excluding hydrogens is 344 g/mol. The molecule has 3 heteroatoms. The van der Waals surface area contributed by atoms with Crippen molar-refractivity contribution in [3.8, 4) is 17.1 Å². The van der Waals surface area contributed by atoms with Gasteiger partial charge in [-0.2, -0.15) is 0 Å². The van der Waals surface area contributed by atoms with Gasteiger partial charge in [-0.05, 0) is 61.4 Å². The highest BCUT2D eigenvalue weighted by molar-refractivity contribution is 5.56. The van der Waals surface area contributed by atoms with Crippen LogP contribution in [0.2, 0.25) is 0 Å². The first-order chi connectivity index (χ1) is 13.8. The third-order valence-electron chi connectivity index (χ3n) is 5.85. The summed E-state index contributed by atoms with van der Waals surface area (Å²) in [4.78, 5) is 9.54. The summed E-state index contributed by atoms with van der Waals surface area (Å²) in [5, 5.41) is 0. The lowest BCUT2D eigenvalue weighted by Crippen LogP contribution is -2.16. The largest absolute Gasteiger partial charge is 0.494 e. The number of fused-ring (bicyclic) bond motifs is 1. The molecule has 2 aromatic rings. The van der Waals surface area contributed by atoms with Crippen LogP contribution in [0.15, 0.2) is 30.5 Å². The van der Waals surface area contributed by atoms with Crippen molar-refractivity contribution >= 4 is 0 Å². The monoisotopic (exact) mass is 380 g/mol. The van der Waals surface area contributed by atoms with Gasteiger partial charge < -0.3 is 4.74 Å². The molecule has 3 nitrogen and oxygen atoms in total. The molecule has 1 aromatic heterocycles. The number of aromatic nitrogens is 2. The molecule has 3 rings (SSSR count). The quantitative estimate of drug-likeness (QED) is 0.403. The van der Waals surface area contributed by atoms with E-state index in [1.807, 2.05) is 12.1 Å². The van der Waals surface area contributed by atoms with Gasteiger partial charge in [0.05, 0.1) is 6.61 Å². The molecule has 0 saturated heterocycles. The molecule has 0 amide bonds. The van der Waals surface area contributed by atoms with Crippen LogP contribution < -0.4 is 4.74 Å². The molecule has 0 bridgehead atoms. The number of hydrogen-bond acceptors (Lipinski definition) is 3. The van der Waals surface area contributed by atoms with Crippen molar-refractivity contribution in [1.29, 1.82) is 0 Å². The highest BCUT2D eigenvalue weighted by Gasteiger charge is 2.20. The Morgan fingerprint density at radius 1 is 0.964 bits per heavy atom. The van der Waals surface area contributed by atoms with E-state index in [4.69, 9.17) is 9.72 Å². The van der Waals surface area contributed by atoms with E-state index in [0.717, 1.165) is 48.9 Å². The van der Waals surface area contributed by atoms with Gasteiger partial charge in [0.2, 0.25) is 0 Å². The van der Waals surface area contributed by atoms with Crippen LogP contribution in [0.4, 0.5) is 0 Å². The van der Waals surface area contributed by atoms with Crippen molar-refractivity contribution in [2.45, 2.75) is 84.5 Å². The molecule has 1 aliphatic rings. The van der Waals surface area contributed by atoms with Gasteiger partial charge in [-0.25, -0.2) is 9.97 Å². The van der Waals surface area contributed by atoms with E-state index in [1.54, 1.807) is 0 Å². The molecule has 0 radical (unpaired) electrons. The first-order valence-electron chi connectivity index (χ1n) is 11.4. The lowest BCUT2D eigenvalue weighted by atomic mass is 9.84. The fourth-order valence-electron chi connectivity index (χ4n) is 4.06. The van der Waals surface area contributed by atoms with Gasteiger partial charge in [-0.1, -0.05) is 58.8 Å². The van der Waals surface area contributed by atoms with Crippen LogP contribution in [0.25, 0.3) is 11.4 Å². The lowest BCUT2D eigenvalue weighted by Gasteiger charge is -2.23. The molecule has 1 aliphatic carbocycles. The fraction of sp³-hybridized carbons (Fsp3) is 0.600. The third-order valence-corrected chi connectivity index (χ3v) is 5.85. The molecule has 28 heavy (non-hydrogen) atoms. The molecule has 0 saturated carbocycles. The van der Waals surface area contributed by atoms with Gasteiger partial charge in [0.1, 0.15) is 5.75 Å². The molecular formula is C25H36N2O. The molecule has 1 atom stereocenters. The van der Waals surface area contributed by atoms with Crippen LogP contribution in [0, 0.1) is 5.92 Å². The number of aryl methyl sites for hydroxylation is 1. The summed E-state index contributed by atoms with van der Waals surface area (Å²) in [5.74, 6) is 2.60. The lowest BCUT2D eigenvalue weighted by molar-refractivity contribution is 0.304. The Balaban J connectivity index is 1.53. The van der Waals surface area contributed by atoms with Crippen LogP contribution in [0.5, 0.6) is 5.75 Å². The Kier molecular flexibility index (Phi) is 8.32. The van der Waals surface area contributed by atoms with Crippen LogP contribution in [-0.2, 0) is 12.8 Å². The fourth-order valence-corrected chi connectivity index (χ4v) is 4.06. The molecule has 1 heterocycles. The molecule has 0 N–H and O–H groups in total. The Morgan fingerprint density at radius 2 is 1.75 bits per heavy atom. The smallest absolute Gasteiger partial charge is 0.159 e. The topological polar surface area (TPSA) is 35.0 Å². The summed E-state index contributed by atoms with van der Waals surface area (Å²) in [5.41, 5.74) is 3.69. The SMILES string of the molecule is CCCCCCCOc1ccc(-c2ncc3c(n2)CCC(CCCC)C3)cc1. The second-order valence-corrected chi connectivity index (χ2v) is 8.20.